The molecule has 14 rings (SSSR count). The zero-order valence-corrected chi connectivity index (χ0v) is 36.5. The van der Waals surface area contributed by atoms with E-state index in [-0.39, 0.29) is 0 Å². The molecule has 2 aliphatic carbocycles. The molecule has 1 unspecified atom stereocenters. The van der Waals surface area contributed by atoms with Gasteiger partial charge in [-0.3, -0.25) is 0 Å². The summed E-state index contributed by atoms with van der Waals surface area (Å²) in [5.74, 6) is 1.65. The van der Waals surface area contributed by atoms with Gasteiger partial charge in [-0.25, -0.2) is 0 Å². The molecule has 0 saturated heterocycles. The molecule has 1 heterocycles. The summed E-state index contributed by atoms with van der Waals surface area (Å²) >= 11 is 0. The molecule has 11 aromatic rings. The smallest absolute Gasteiger partial charge is 0.159 e. The van der Waals surface area contributed by atoms with E-state index in [9.17, 15) is 0 Å². The normalized spacial score (nSPS) is 14.4. The highest BCUT2D eigenvalue weighted by atomic mass is 16.5. The van der Waals surface area contributed by atoms with E-state index in [0.29, 0.717) is 0 Å². The molecule has 0 bridgehead atoms. The molecular formula is C65H41NO. The monoisotopic (exact) mass is 851 g/mol. The summed E-state index contributed by atoms with van der Waals surface area (Å²) in [7, 11) is 0. The van der Waals surface area contributed by atoms with Gasteiger partial charge in [0.25, 0.3) is 0 Å². The van der Waals surface area contributed by atoms with Crippen molar-refractivity contribution in [2.24, 2.45) is 0 Å². The summed E-state index contributed by atoms with van der Waals surface area (Å²) in [4.78, 5) is 2.42. The minimum Gasteiger partial charge on any atom is -0.454 e. The van der Waals surface area contributed by atoms with Crippen molar-refractivity contribution in [3.63, 3.8) is 0 Å². The van der Waals surface area contributed by atoms with Crippen LogP contribution in [0.25, 0.3) is 77.5 Å². The Bertz CT molecular complexity index is 3790. The summed E-state index contributed by atoms with van der Waals surface area (Å²) < 4.78 is 7.24. The first kappa shape index (κ1) is 37.6. The molecule has 3 aliphatic rings. The molecule has 0 amide bonds. The lowest BCUT2D eigenvalue weighted by Gasteiger charge is -2.36. The molecule has 1 aliphatic heterocycles. The van der Waals surface area contributed by atoms with Crippen LogP contribution in [-0.2, 0) is 5.41 Å². The fourth-order valence-electron chi connectivity index (χ4n) is 11.7. The molecule has 0 N–H and O–H groups in total. The van der Waals surface area contributed by atoms with Gasteiger partial charge in [0.05, 0.1) is 11.1 Å². The Morgan fingerprint density at radius 3 is 1.61 bits per heavy atom. The molecule has 11 aromatic carbocycles. The van der Waals surface area contributed by atoms with Crippen LogP contribution in [0.2, 0.25) is 0 Å². The van der Waals surface area contributed by atoms with E-state index in [1.54, 1.807) is 0 Å². The zero-order valence-electron chi connectivity index (χ0n) is 36.5. The van der Waals surface area contributed by atoms with Crippen molar-refractivity contribution in [1.29, 1.82) is 0 Å². The average Bonchev–Trinajstić information content (AvgIpc) is 3.55. The first-order valence-electron chi connectivity index (χ1n) is 23.2. The Hall–Kier alpha value is -8.72. The molecule has 1 atom stereocenters. The van der Waals surface area contributed by atoms with Gasteiger partial charge in [-0.1, -0.05) is 212 Å². The van der Waals surface area contributed by atoms with Crippen molar-refractivity contribution in [2.45, 2.75) is 5.41 Å². The quantitative estimate of drug-likeness (QED) is 0.175. The van der Waals surface area contributed by atoms with Gasteiger partial charge in [-0.2, -0.15) is 0 Å². The summed E-state index contributed by atoms with van der Waals surface area (Å²) in [5, 5.41) is 2.51. The predicted octanol–water partition coefficient (Wildman–Crippen LogP) is 17.4. The number of ether oxygens (including phenoxy) is 1. The number of rotatable bonds is 4. The summed E-state index contributed by atoms with van der Waals surface area (Å²) in [6.07, 6.45) is 0. The molecule has 2 nitrogen and oxygen atoms in total. The van der Waals surface area contributed by atoms with Crippen LogP contribution in [0.3, 0.4) is 0 Å². The molecule has 0 fully saturated rings. The van der Waals surface area contributed by atoms with Gasteiger partial charge in [0, 0.05) is 22.5 Å². The summed E-state index contributed by atoms with van der Waals surface area (Å²) in [6.45, 7) is 0. The third kappa shape index (κ3) is 5.45. The standard InChI is InChI=1S/C65H41NO/c1-2-17-42(18-3-1)43-33-36-45(37-34-43)66(61-31-16-28-55-51-24-9-8-23-50(51)54-26-12-15-32-62(54)67-64(55)61)46-38-39-53-49-22-7-6-21-48(49)52-25-10-13-29-57(52)65(60(53)41-46)58-30-14-11-27-56(58)63-47-20-5-4-19-44(47)35-40-59(63)65/h1-41H. The third-order valence-corrected chi connectivity index (χ3v) is 14.5. The lowest BCUT2D eigenvalue weighted by atomic mass is 9.65. The second-order valence-electron chi connectivity index (χ2n) is 17.9. The maximum atomic E-state index is 7.24. The first-order valence-corrected chi connectivity index (χ1v) is 23.2. The van der Waals surface area contributed by atoms with Crippen LogP contribution in [0.1, 0.15) is 22.3 Å². The van der Waals surface area contributed by atoms with E-state index in [0.717, 1.165) is 56.4 Å². The maximum Gasteiger partial charge on any atom is 0.159 e. The Morgan fingerprint density at radius 2 is 0.851 bits per heavy atom. The number of hydrogen-bond donors (Lipinski definition) is 0. The van der Waals surface area contributed by atoms with E-state index in [1.165, 1.54) is 72.0 Å². The van der Waals surface area contributed by atoms with E-state index < -0.39 is 5.41 Å². The Balaban J connectivity index is 1.09. The Labute approximate surface area is 390 Å². The van der Waals surface area contributed by atoms with Crippen LogP contribution in [0.15, 0.2) is 249 Å². The van der Waals surface area contributed by atoms with Gasteiger partial charge in [-0.05, 0) is 125 Å². The van der Waals surface area contributed by atoms with Crippen molar-refractivity contribution in [1.82, 2.24) is 0 Å². The van der Waals surface area contributed by atoms with E-state index >= 15 is 0 Å². The number of para-hydroxylation sites is 2. The molecule has 0 radical (unpaired) electrons. The van der Waals surface area contributed by atoms with Gasteiger partial charge in [-0.15, -0.1) is 0 Å². The SMILES string of the molecule is c1ccc(-c2ccc(N(c3ccc4c(c3)C3(c5ccccc5-c5ccccc5-4)c4ccccc4-c4c3ccc3ccccc43)c3cccc4c3Oc3ccccc3-c3ccccc3-4)cc2)cc1. The van der Waals surface area contributed by atoms with Crippen molar-refractivity contribution in [3.8, 4) is 78.3 Å². The number of nitrogens with zero attached hydrogens (tertiary/aromatic N) is 1. The fraction of sp³-hybridized carbons (Fsp3) is 0.0154. The number of fused-ring (bicyclic) bond motifs is 19. The Kier molecular flexibility index (Phi) is 8.23. The van der Waals surface area contributed by atoms with Crippen molar-refractivity contribution < 1.29 is 4.74 Å². The minimum atomic E-state index is -0.665. The molecule has 67 heavy (non-hydrogen) atoms. The summed E-state index contributed by atoms with van der Waals surface area (Å²) in [6, 6.07) is 91.5. The van der Waals surface area contributed by atoms with Gasteiger partial charge < -0.3 is 9.64 Å². The largest absolute Gasteiger partial charge is 0.454 e. The molecule has 312 valence electrons. The van der Waals surface area contributed by atoms with Crippen LogP contribution >= 0.6 is 0 Å². The van der Waals surface area contributed by atoms with Crippen molar-refractivity contribution in [2.75, 3.05) is 4.90 Å². The second-order valence-corrected chi connectivity index (χ2v) is 17.9. The Morgan fingerprint density at radius 1 is 0.313 bits per heavy atom. The van der Waals surface area contributed by atoms with E-state index in [2.05, 4.69) is 254 Å². The van der Waals surface area contributed by atoms with Crippen LogP contribution < -0.4 is 9.64 Å². The number of hydrogen-bond acceptors (Lipinski definition) is 2. The van der Waals surface area contributed by atoms with Crippen LogP contribution in [-0.4, -0.2) is 0 Å². The lowest BCUT2D eigenvalue weighted by molar-refractivity contribution is 0.489. The average molecular weight is 852 g/mol. The predicted molar refractivity (Wildman–Crippen MR) is 277 cm³/mol. The van der Waals surface area contributed by atoms with Crippen LogP contribution in [0.5, 0.6) is 11.5 Å². The van der Waals surface area contributed by atoms with Gasteiger partial charge in [0.2, 0.25) is 0 Å². The van der Waals surface area contributed by atoms with Crippen molar-refractivity contribution >= 4 is 27.8 Å². The highest BCUT2D eigenvalue weighted by Gasteiger charge is 2.50. The van der Waals surface area contributed by atoms with E-state index in [1.807, 2.05) is 0 Å². The third-order valence-electron chi connectivity index (χ3n) is 14.5. The van der Waals surface area contributed by atoms with Crippen molar-refractivity contribution in [3.05, 3.63) is 271 Å². The number of benzene rings is 11. The van der Waals surface area contributed by atoms with E-state index in [4.69, 9.17) is 4.74 Å². The molecule has 0 aromatic heterocycles. The van der Waals surface area contributed by atoms with Gasteiger partial charge in [0.1, 0.15) is 5.75 Å². The highest BCUT2D eigenvalue weighted by Crippen LogP contribution is 2.63. The minimum absolute atomic E-state index is 0.665. The fourth-order valence-corrected chi connectivity index (χ4v) is 11.7. The lowest BCUT2D eigenvalue weighted by Crippen LogP contribution is -2.29. The van der Waals surface area contributed by atoms with Crippen LogP contribution in [0.4, 0.5) is 17.1 Å². The topological polar surface area (TPSA) is 12.5 Å². The molecule has 1 spiro atoms. The maximum absolute atomic E-state index is 7.24. The first-order chi connectivity index (χ1) is 33.3. The molecule has 0 saturated carbocycles. The second kappa shape index (κ2) is 14.7. The van der Waals surface area contributed by atoms with Crippen LogP contribution in [0, 0.1) is 0 Å². The number of anilines is 3. The highest BCUT2D eigenvalue weighted by molar-refractivity contribution is 6.07. The zero-order chi connectivity index (χ0) is 44.1. The van der Waals surface area contributed by atoms with Gasteiger partial charge >= 0.3 is 0 Å². The summed E-state index contributed by atoms with van der Waals surface area (Å²) in [5.41, 5.74) is 21.8. The van der Waals surface area contributed by atoms with Gasteiger partial charge in [0.15, 0.2) is 5.75 Å². The molecular weight excluding hydrogens is 811 g/mol. The molecule has 2 heteroatoms.